The van der Waals surface area contributed by atoms with E-state index in [4.69, 9.17) is 15.6 Å². The monoisotopic (exact) mass is 402 g/mol. The molecule has 0 fully saturated rings. The topological polar surface area (TPSA) is 65.1 Å². The number of rotatable bonds is 3. The van der Waals surface area contributed by atoms with Crippen molar-refractivity contribution in [2.45, 2.75) is 59.1 Å². The molecule has 30 heavy (non-hydrogen) atoms. The van der Waals surface area contributed by atoms with Crippen molar-refractivity contribution in [2.75, 3.05) is 17.6 Å². The third-order valence-electron chi connectivity index (χ3n) is 7.11. The molecule has 0 radical (unpaired) electrons. The second-order valence-corrected chi connectivity index (χ2v) is 9.20. The van der Waals surface area contributed by atoms with Gasteiger partial charge in [0.15, 0.2) is 0 Å². The molecule has 0 saturated carbocycles. The summed E-state index contributed by atoms with van der Waals surface area (Å²) in [4.78, 5) is 0. The van der Waals surface area contributed by atoms with Crippen molar-refractivity contribution < 1.29 is 4.74 Å². The van der Waals surface area contributed by atoms with E-state index in [9.17, 15) is 0 Å². The van der Waals surface area contributed by atoms with Gasteiger partial charge in [0.05, 0.1) is 12.2 Å². The number of ether oxygens (including phenoxy) is 1. The maximum Gasteiger partial charge on any atom is 0.127 e. The SMILES string of the molecule is Cc1c(C)c2c(c(C)c1N)[C@@H](Cn1nccc1-c1cccc3c1NCC3)C(C)(C)O2. The van der Waals surface area contributed by atoms with E-state index in [1.807, 2.05) is 6.20 Å². The third kappa shape index (κ3) is 2.64. The van der Waals surface area contributed by atoms with Crippen LogP contribution < -0.4 is 15.8 Å². The van der Waals surface area contributed by atoms with Gasteiger partial charge < -0.3 is 15.8 Å². The molecule has 5 heteroatoms. The smallest absolute Gasteiger partial charge is 0.127 e. The van der Waals surface area contributed by atoms with Crippen molar-refractivity contribution in [3.63, 3.8) is 0 Å². The average molecular weight is 403 g/mol. The zero-order valence-electron chi connectivity index (χ0n) is 18.5. The van der Waals surface area contributed by atoms with Gasteiger partial charge >= 0.3 is 0 Å². The number of fused-ring (bicyclic) bond motifs is 2. The number of nitrogen functional groups attached to an aromatic ring is 1. The van der Waals surface area contributed by atoms with E-state index < -0.39 is 0 Å². The average Bonchev–Trinajstić information content (AvgIpc) is 3.43. The van der Waals surface area contributed by atoms with Crippen molar-refractivity contribution in [1.82, 2.24) is 9.78 Å². The minimum atomic E-state index is -0.335. The predicted molar refractivity (Wildman–Crippen MR) is 122 cm³/mol. The molecule has 0 bridgehead atoms. The third-order valence-corrected chi connectivity index (χ3v) is 7.11. The van der Waals surface area contributed by atoms with Gasteiger partial charge in [-0.25, -0.2) is 0 Å². The van der Waals surface area contributed by atoms with E-state index in [0.29, 0.717) is 0 Å². The lowest BCUT2D eigenvalue weighted by Gasteiger charge is -2.27. The number of benzene rings is 2. The maximum absolute atomic E-state index is 6.51. The Bertz CT molecular complexity index is 1160. The van der Waals surface area contributed by atoms with Crippen LogP contribution in [0, 0.1) is 20.8 Å². The summed E-state index contributed by atoms with van der Waals surface area (Å²) in [7, 11) is 0. The highest BCUT2D eigenvalue weighted by Crippen LogP contribution is 2.51. The van der Waals surface area contributed by atoms with Gasteiger partial charge in [-0.3, -0.25) is 4.68 Å². The number of nitrogens with zero attached hydrogens (tertiary/aromatic N) is 2. The Morgan fingerprint density at radius 2 is 1.97 bits per heavy atom. The van der Waals surface area contributed by atoms with Crippen LogP contribution in [0.5, 0.6) is 5.75 Å². The van der Waals surface area contributed by atoms with Crippen LogP contribution >= 0.6 is 0 Å². The van der Waals surface area contributed by atoms with E-state index in [2.05, 4.69) is 68.9 Å². The van der Waals surface area contributed by atoms with Crippen molar-refractivity contribution in [1.29, 1.82) is 0 Å². The number of para-hydroxylation sites is 1. The molecule has 1 atom stereocenters. The molecule has 0 amide bonds. The summed E-state index contributed by atoms with van der Waals surface area (Å²) in [5, 5.41) is 8.27. The van der Waals surface area contributed by atoms with Gasteiger partial charge in [0.2, 0.25) is 0 Å². The maximum atomic E-state index is 6.51. The number of nitrogens with one attached hydrogen (secondary N) is 1. The Morgan fingerprint density at radius 1 is 1.17 bits per heavy atom. The molecule has 156 valence electrons. The van der Waals surface area contributed by atoms with Crippen molar-refractivity contribution in [2.24, 2.45) is 0 Å². The van der Waals surface area contributed by atoms with Gasteiger partial charge in [-0.05, 0) is 69.4 Å². The van der Waals surface area contributed by atoms with Crippen molar-refractivity contribution in [3.05, 3.63) is 58.3 Å². The van der Waals surface area contributed by atoms with Crippen LogP contribution in [0.2, 0.25) is 0 Å². The van der Waals surface area contributed by atoms with Crippen molar-refractivity contribution in [3.8, 4) is 17.0 Å². The summed E-state index contributed by atoms with van der Waals surface area (Å²) in [5.41, 5.74) is 16.6. The second-order valence-electron chi connectivity index (χ2n) is 9.20. The Balaban J connectivity index is 1.60. The first-order valence-corrected chi connectivity index (χ1v) is 10.8. The molecule has 1 aromatic heterocycles. The fourth-order valence-corrected chi connectivity index (χ4v) is 5.15. The van der Waals surface area contributed by atoms with Crippen LogP contribution in [0.4, 0.5) is 11.4 Å². The van der Waals surface area contributed by atoms with Crippen LogP contribution in [0.25, 0.3) is 11.3 Å². The molecule has 3 N–H and O–H groups in total. The molecule has 3 heterocycles. The number of aromatic nitrogens is 2. The predicted octanol–water partition coefficient (Wildman–Crippen LogP) is 4.98. The molecule has 3 aromatic rings. The lowest BCUT2D eigenvalue weighted by molar-refractivity contribution is 0.101. The quantitative estimate of drug-likeness (QED) is 0.607. The standard InChI is InChI=1S/C25H30N4O/c1-14-15(2)24-21(16(3)22(14)26)19(25(4,5)30-24)13-29-20(10-12-28-29)18-8-6-7-17-9-11-27-23(17)18/h6-8,10,12,19,27H,9,11,13,26H2,1-5H3/t19-/m1/s1. The minimum Gasteiger partial charge on any atom is -0.487 e. The number of hydrogen-bond donors (Lipinski definition) is 2. The summed E-state index contributed by atoms with van der Waals surface area (Å²) in [6.45, 7) is 12.4. The zero-order valence-corrected chi connectivity index (χ0v) is 18.5. The molecule has 5 rings (SSSR count). The van der Waals surface area contributed by atoms with Crippen LogP contribution in [-0.2, 0) is 13.0 Å². The van der Waals surface area contributed by atoms with E-state index >= 15 is 0 Å². The first kappa shape index (κ1) is 19.0. The van der Waals surface area contributed by atoms with Crippen LogP contribution in [0.1, 0.15) is 47.6 Å². The van der Waals surface area contributed by atoms with Gasteiger partial charge in [0, 0.05) is 41.2 Å². The molecule has 2 aliphatic rings. The number of anilines is 2. The summed E-state index contributed by atoms with van der Waals surface area (Å²) in [5.74, 6) is 1.17. The summed E-state index contributed by atoms with van der Waals surface area (Å²) in [6.07, 6.45) is 2.97. The zero-order chi connectivity index (χ0) is 21.2. The second kappa shape index (κ2) is 6.53. The summed E-state index contributed by atoms with van der Waals surface area (Å²) in [6, 6.07) is 8.65. The highest BCUT2D eigenvalue weighted by atomic mass is 16.5. The molecule has 0 saturated heterocycles. The van der Waals surface area contributed by atoms with Gasteiger partial charge in [-0.1, -0.05) is 18.2 Å². The van der Waals surface area contributed by atoms with Crippen LogP contribution in [0.15, 0.2) is 30.5 Å². The summed E-state index contributed by atoms with van der Waals surface area (Å²) < 4.78 is 8.64. The highest BCUT2D eigenvalue weighted by Gasteiger charge is 2.44. The molecule has 2 aromatic carbocycles. The van der Waals surface area contributed by atoms with Gasteiger partial charge in [-0.2, -0.15) is 5.10 Å². The highest BCUT2D eigenvalue weighted by molar-refractivity contribution is 5.80. The first-order valence-electron chi connectivity index (χ1n) is 10.8. The van der Waals surface area contributed by atoms with E-state index in [0.717, 1.165) is 53.3 Å². The number of hydrogen-bond acceptors (Lipinski definition) is 4. The number of nitrogens with two attached hydrogens (primary N) is 1. The van der Waals surface area contributed by atoms with E-state index in [-0.39, 0.29) is 11.5 Å². The van der Waals surface area contributed by atoms with Crippen molar-refractivity contribution >= 4 is 11.4 Å². The van der Waals surface area contributed by atoms with Gasteiger partial charge in [0.1, 0.15) is 11.4 Å². The van der Waals surface area contributed by atoms with Crippen LogP contribution in [-0.4, -0.2) is 21.9 Å². The first-order chi connectivity index (χ1) is 14.3. The molecular weight excluding hydrogens is 372 g/mol. The lowest BCUT2D eigenvalue weighted by atomic mass is 9.82. The van der Waals surface area contributed by atoms with Gasteiger partial charge in [-0.15, -0.1) is 0 Å². The Hall–Kier alpha value is -2.95. The molecule has 0 spiro atoms. The molecule has 0 unspecified atom stereocenters. The van der Waals surface area contributed by atoms with Crippen LogP contribution in [0.3, 0.4) is 0 Å². The minimum absolute atomic E-state index is 0.164. The lowest BCUT2D eigenvalue weighted by Crippen LogP contribution is -2.33. The molecular formula is C25H30N4O. The molecule has 2 aliphatic heterocycles. The fraction of sp³-hybridized carbons (Fsp3) is 0.400. The van der Waals surface area contributed by atoms with E-state index in [1.165, 1.54) is 22.4 Å². The van der Waals surface area contributed by atoms with Gasteiger partial charge in [0.25, 0.3) is 0 Å². The Labute approximate surface area is 178 Å². The molecule has 5 nitrogen and oxygen atoms in total. The fourth-order valence-electron chi connectivity index (χ4n) is 5.15. The summed E-state index contributed by atoms with van der Waals surface area (Å²) >= 11 is 0. The normalized spacial score (nSPS) is 18.6. The molecule has 0 aliphatic carbocycles. The Kier molecular flexibility index (Phi) is 4.14. The van der Waals surface area contributed by atoms with E-state index in [1.54, 1.807) is 0 Å². The Morgan fingerprint density at radius 3 is 2.77 bits per heavy atom. The largest absolute Gasteiger partial charge is 0.487 e.